The number of nitrogens with zero attached hydrogens (tertiary/aromatic N) is 10. The van der Waals surface area contributed by atoms with E-state index in [1.807, 2.05) is 10.4 Å². The Morgan fingerprint density at radius 3 is 1.75 bits per heavy atom. The molecular weight excluding hydrogens is 394 g/mol. The Bertz CT molecular complexity index is 722. The molecule has 3 aromatic heterocycles. The van der Waals surface area contributed by atoms with Crippen LogP contribution in [0.1, 0.15) is 0 Å². The van der Waals surface area contributed by atoms with Gasteiger partial charge in [-0.25, -0.2) is 30.4 Å². The average Bonchev–Trinajstić information content (AvgIpc) is 3.31. The molecule has 0 aromatic carbocycles. The van der Waals surface area contributed by atoms with Crippen LogP contribution in [0.4, 0.5) is 23.5 Å². The highest BCUT2D eigenvalue weighted by Crippen LogP contribution is 2.05. The van der Waals surface area contributed by atoms with Gasteiger partial charge in [-0.1, -0.05) is 10.9 Å². The monoisotopic (exact) mass is 409 g/mol. The molecule has 3 heterocycles. The first-order valence-corrected chi connectivity index (χ1v) is 5.99. The summed E-state index contributed by atoms with van der Waals surface area (Å²) in [5, 5.41) is 45.7. The molecule has 0 aliphatic heterocycles. The molecular formula is C5H15N17O6. The van der Waals surface area contributed by atoms with Gasteiger partial charge in [0.25, 0.3) is 0 Å². The number of nitrogen functional groups attached to an aromatic ring is 1. The van der Waals surface area contributed by atoms with E-state index in [1.165, 1.54) is 0 Å². The largest absolute Gasteiger partial charge is 0.412 e. The number of tetrazole rings is 2. The van der Waals surface area contributed by atoms with E-state index >= 15 is 0 Å². The number of nitrogens with two attached hydrogens (primary N) is 1. The van der Waals surface area contributed by atoms with E-state index in [2.05, 4.69) is 63.0 Å². The van der Waals surface area contributed by atoms with Crippen molar-refractivity contribution in [1.29, 1.82) is 0 Å². The highest BCUT2D eigenvalue weighted by atomic mass is 16.7. The number of aromatic amines is 4. The highest BCUT2D eigenvalue weighted by Gasteiger charge is 2.00. The second-order valence-electron chi connectivity index (χ2n) is 3.58. The lowest BCUT2D eigenvalue weighted by Crippen LogP contribution is -2.41. The predicted octanol–water partition coefficient (Wildman–Crippen LogP) is -4.87. The predicted molar refractivity (Wildman–Crippen MR) is 83.3 cm³/mol. The van der Waals surface area contributed by atoms with Crippen molar-refractivity contribution in [3.05, 3.63) is 37.1 Å². The van der Waals surface area contributed by atoms with Crippen molar-refractivity contribution < 1.29 is 31.8 Å². The molecule has 0 fully saturated rings. The molecule has 3 rings (SSSR count). The number of anilines is 1. The van der Waals surface area contributed by atoms with E-state index in [0.29, 0.717) is 0 Å². The minimum Gasteiger partial charge on any atom is -0.412 e. The summed E-state index contributed by atoms with van der Waals surface area (Å²) < 4.78 is 0. The molecule has 0 spiro atoms. The molecule has 0 saturated carbocycles. The van der Waals surface area contributed by atoms with Gasteiger partial charge in [0.15, 0.2) is 0 Å². The molecule has 0 unspecified atom stereocenters. The standard InChI is InChI=1S/C3H7N5.2CHN6O2.2H2O/c4-2-1-3(6-5)8-7-2;2*8-7(9)4-1-2-5-6-3-1;;/h1H,5H2,(H4,4,6,7,8);2*(H-,2,3,4,5,6);2*1H2/q;2*-1;;/p+2. The molecule has 28 heavy (non-hydrogen) atoms. The Labute approximate surface area is 151 Å². The minimum atomic E-state index is -0.898. The summed E-state index contributed by atoms with van der Waals surface area (Å²) in [4.78, 5) is 19.2. The van der Waals surface area contributed by atoms with Crippen LogP contribution in [0.25, 0.3) is 10.9 Å². The molecule has 0 radical (unpaired) electrons. The Kier molecular flexibility index (Phi) is 12.5. The number of hydrogen-bond donors (Lipinski definition) is 6. The fraction of sp³-hybridized carbons (Fsp3) is 0. The first-order valence-electron chi connectivity index (χ1n) is 5.99. The number of hydrazine groups is 1. The van der Waals surface area contributed by atoms with Gasteiger partial charge in [0.1, 0.15) is 28.0 Å². The molecule has 23 nitrogen and oxygen atoms in total. The van der Waals surface area contributed by atoms with E-state index in [4.69, 9.17) is 5.84 Å². The van der Waals surface area contributed by atoms with Crippen molar-refractivity contribution in [2.75, 3.05) is 5.43 Å². The van der Waals surface area contributed by atoms with Crippen molar-refractivity contribution in [2.45, 2.75) is 0 Å². The van der Waals surface area contributed by atoms with Crippen molar-refractivity contribution in [2.24, 2.45) is 5.84 Å². The third-order valence-corrected chi connectivity index (χ3v) is 1.84. The van der Waals surface area contributed by atoms with E-state index in [0.717, 1.165) is 11.6 Å². The zero-order valence-electron chi connectivity index (χ0n) is 13.5. The Morgan fingerprint density at radius 2 is 1.54 bits per heavy atom. The molecule has 14 N–H and O–H groups in total. The van der Waals surface area contributed by atoms with Crippen LogP contribution in [0.15, 0.2) is 6.07 Å². The first-order chi connectivity index (χ1) is 12.4. The summed E-state index contributed by atoms with van der Waals surface area (Å²) >= 11 is 0. The van der Waals surface area contributed by atoms with E-state index < -0.39 is 10.1 Å². The Hall–Kier alpha value is -4.61. The van der Waals surface area contributed by atoms with Gasteiger partial charge in [0.2, 0.25) is 5.82 Å². The maximum Gasteiger partial charge on any atom is 0.316 e. The van der Waals surface area contributed by atoms with Crippen LogP contribution < -0.4 is 22.1 Å². The zero-order valence-corrected chi connectivity index (χ0v) is 13.5. The van der Waals surface area contributed by atoms with Crippen molar-refractivity contribution in [3.63, 3.8) is 0 Å². The maximum atomic E-state index is 9.58. The lowest BCUT2D eigenvalue weighted by molar-refractivity contribution is -0.444. The van der Waals surface area contributed by atoms with E-state index in [-0.39, 0.29) is 22.8 Å². The zero-order chi connectivity index (χ0) is 19.4. The minimum absolute atomic E-state index is 0. The van der Waals surface area contributed by atoms with Crippen molar-refractivity contribution >= 4 is 23.5 Å². The van der Waals surface area contributed by atoms with Gasteiger partial charge in [-0.05, 0) is 0 Å². The van der Waals surface area contributed by atoms with Crippen LogP contribution in [-0.2, 0) is 0 Å². The highest BCUT2D eigenvalue weighted by molar-refractivity contribution is 5.32. The second-order valence-corrected chi connectivity index (χ2v) is 3.58. The third kappa shape index (κ3) is 11.0. The number of H-pyrrole nitrogens is 4. The Morgan fingerprint density at radius 1 is 1.07 bits per heavy atom. The van der Waals surface area contributed by atoms with Gasteiger partial charge in [-0.2, -0.15) is 21.5 Å². The van der Waals surface area contributed by atoms with Crippen LogP contribution in [0.3, 0.4) is 0 Å². The fourth-order valence-corrected chi connectivity index (χ4v) is 1.02. The number of aromatic nitrogens is 10. The molecule has 0 amide bonds. The number of quaternary nitrogens is 1. The maximum absolute atomic E-state index is 9.58. The van der Waals surface area contributed by atoms with E-state index in [1.54, 1.807) is 6.07 Å². The van der Waals surface area contributed by atoms with Gasteiger partial charge < -0.3 is 16.7 Å². The van der Waals surface area contributed by atoms with Gasteiger partial charge in [0, 0.05) is 0 Å². The SMILES string of the molecule is NNc1cc([NH3+])[nH][nH+]1.O.O.O=[N+]([O-])[N-]c1nn[nH]n1.O=[N+]([O-])[N-]c1nn[nH]n1. The van der Waals surface area contributed by atoms with Gasteiger partial charge in [0.05, 0.1) is 0 Å². The normalized spacial score (nSPS) is 8.36. The van der Waals surface area contributed by atoms with Crippen LogP contribution in [0.5, 0.6) is 0 Å². The van der Waals surface area contributed by atoms with Crippen LogP contribution >= 0.6 is 0 Å². The van der Waals surface area contributed by atoms with Gasteiger partial charge in [-0.3, -0.25) is 20.6 Å². The molecule has 156 valence electrons. The fourth-order valence-electron chi connectivity index (χ4n) is 1.02. The molecule has 3 aromatic rings. The summed E-state index contributed by atoms with van der Waals surface area (Å²) in [5.74, 6) is 6.01. The van der Waals surface area contributed by atoms with E-state index in [9.17, 15) is 20.2 Å². The molecule has 23 heteroatoms. The molecule has 0 atom stereocenters. The average molecular weight is 409 g/mol. The number of rotatable bonds is 5. The summed E-state index contributed by atoms with van der Waals surface area (Å²) in [6, 6.07) is 1.76. The first kappa shape index (κ1) is 25.6. The third-order valence-electron chi connectivity index (χ3n) is 1.84. The molecule has 0 bridgehead atoms. The topological polar surface area (TPSA) is 382 Å². The lowest BCUT2D eigenvalue weighted by atomic mass is 10.6. The van der Waals surface area contributed by atoms with Gasteiger partial charge >= 0.3 is 5.82 Å². The van der Waals surface area contributed by atoms with Crippen molar-refractivity contribution in [1.82, 2.24) is 46.3 Å². The second kappa shape index (κ2) is 13.7. The number of nitrogens with one attached hydrogen (secondary N) is 5. The molecule has 0 aliphatic carbocycles. The molecule has 0 aliphatic rings. The van der Waals surface area contributed by atoms with Crippen LogP contribution in [-0.4, -0.2) is 67.4 Å². The Balaban J connectivity index is 0. The quantitative estimate of drug-likeness (QED) is 0.131. The summed E-state index contributed by atoms with van der Waals surface area (Å²) in [7, 11) is 0. The number of hydrogen-bond acceptors (Lipinski definition) is 12. The molecule has 0 saturated heterocycles. The summed E-state index contributed by atoms with van der Waals surface area (Å²) in [6.45, 7) is 0. The summed E-state index contributed by atoms with van der Waals surface area (Å²) in [5.41, 5.74) is 11.5. The van der Waals surface area contributed by atoms with Crippen LogP contribution in [0.2, 0.25) is 0 Å². The van der Waals surface area contributed by atoms with Gasteiger partial charge in [-0.15, -0.1) is 10.4 Å². The van der Waals surface area contributed by atoms with Crippen LogP contribution in [0, 0.1) is 20.2 Å². The smallest absolute Gasteiger partial charge is 0.316 e. The summed E-state index contributed by atoms with van der Waals surface area (Å²) in [6.07, 6.45) is 0. The van der Waals surface area contributed by atoms with Crippen molar-refractivity contribution in [3.8, 4) is 0 Å². The number of nitro groups is 2. The lowest BCUT2D eigenvalue weighted by Gasteiger charge is -1.90.